The molecular formula is C17H29O11P. The number of rotatable bonds is 17. The SMILES string of the molecule is CC(=O)CCOCCC(=O)CCCOP(=O)(O)OCC(COC(C)=O)OC(C)=O. The second-order valence-electron chi connectivity index (χ2n) is 6.09. The average molecular weight is 440 g/mol. The van der Waals surface area contributed by atoms with Crippen molar-refractivity contribution in [2.45, 2.75) is 52.6 Å². The minimum Gasteiger partial charge on any atom is -0.462 e. The van der Waals surface area contributed by atoms with Crippen LogP contribution in [0.5, 0.6) is 0 Å². The Balaban J connectivity index is 4.04. The minimum absolute atomic E-state index is 0.00897. The third-order valence-electron chi connectivity index (χ3n) is 3.21. The van der Waals surface area contributed by atoms with Crippen LogP contribution >= 0.6 is 7.82 Å². The van der Waals surface area contributed by atoms with Gasteiger partial charge in [-0.25, -0.2) is 4.57 Å². The van der Waals surface area contributed by atoms with E-state index in [2.05, 4.69) is 4.74 Å². The van der Waals surface area contributed by atoms with Gasteiger partial charge in [-0.2, -0.15) is 0 Å². The Bertz CT molecular complexity index is 590. The second-order valence-corrected chi connectivity index (χ2v) is 7.54. The number of hydrogen-bond acceptors (Lipinski definition) is 10. The van der Waals surface area contributed by atoms with Crippen molar-refractivity contribution >= 4 is 31.3 Å². The van der Waals surface area contributed by atoms with Crippen molar-refractivity contribution in [2.24, 2.45) is 0 Å². The molecule has 0 aromatic heterocycles. The van der Waals surface area contributed by atoms with Crippen LogP contribution < -0.4 is 0 Å². The molecule has 0 heterocycles. The van der Waals surface area contributed by atoms with Gasteiger partial charge in [0.25, 0.3) is 0 Å². The molecule has 0 spiro atoms. The molecule has 0 rings (SSSR count). The molecule has 168 valence electrons. The van der Waals surface area contributed by atoms with Gasteiger partial charge in [-0.1, -0.05) is 0 Å². The van der Waals surface area contributed by atoms with E-state index in [0.717, 1.165) is 13.8 Å². The maximum Gasteiger partial charge on any atom is 0.472 e. The summed E-state index contributed by atoms with van der Waals surface area (Å²) in [5.41, 5.74) is 0. The predicted molar refractivity (Wildman–Crippen MR) is 98.9 cm³/mol. The Morgan fingerprint density at radius 2 is 1.52 bits per heavy atom. The van der Waals surface area contributed by atoms with Crippen molar-refractivity contribution in [3.8, 4) is 0 Å². The zero-order valence-electron chi connectivity index (χ0n) is 16.9. The van der Waals surface area contributed by atoms with Crippen LogP contribution in [0.4, 0.5) is 0 Å². The van der Waals surface area contributed by atoms with Crippen molar-refractivity contribution in [1.29, 1.82) is 0 Å². The van der Waals surface area contributed by atoms with Crippen molar-refractivity contribution in [3.63, 3.8) is 0 Å². The van der Waals surface area contributed by atoms with Crippen LogP contribution in [-0.4, -0.2) is 67.5 Å². The first-order chi connectivity index (χ1) is 13.5. The second kappa shape index (κ2) is 15.2. The lowest BCUT2D eigenvalue weighted by atomic mass is 10.2. The van der Waals surface area contributed by atoms with E-state index in [1.54, 1.807) is 0 Å². The lowest BCUT2D eigenvalue weighted by molar-refractivity contribution is -0.158. The van der Waals surface area contributed by atoms with E-state index in [4.69, 9.17) is 18.5 Å². The van der Waals surface area contributed by atoms with E-state index in [-0.39, 0.29) is 57.3 Å². The van der Waals surface area contributed by atoms with E-state index >= 15 is 0 Å². The van der Waals surface area contributed by atoms with Gasteiger partial charge in [-0.05, 0) is 13.3 Å². The highest BCUT2D eigenvalue weighted by Gasteiger charge is 2.25. The summed E-state index contributed by atoms with van der Waals surface area (Å²) in [6, 6.07) is 0. The van der Waals surface area contributed by atoms with Gasteiger partial charge in [0.1, 0.15) is 18.2 Å². The molecule has 2 atom stereocenters. The fraction of sp³-hybridized carbons (Fsp3) is 0.765. The summed E-state index contributed by atoms with van der Waals surface area (Å²) in [6.07, 6.45) is -0.275. The van der Waals surface area contributed by atoms with E-state index in [9.17, 15) is 28.6 Å². The molecule has 0 radical (unpaired) electrons. The standard InChI is InChI=1S/C17H29O11P/c1-13(18)6-9-24-10-7-16(21)5-4-8-26-29(22,23)27-12-17(28-15(3)20)11-25-14(2)19/h17H,4-12H2,1-3H3,(H,22,23). The first-order valence-electron chi connectivity index (χ1n) is 9.03. The number of carbonyl (C=O) groups excluding carboxylic acids is 4. The van der Waals surface area contributed by atoms with Gasteiger partial charge in [0.2, 0.25) is 0 Å². The molecule has 2 unspecified atom stereocenters. The first kappa shape index (κ1) is 27.4. The summed E-state index contributed by atoms with van der Waals surface area (Å²) in [5.74, 6) is -1.39. The van der Waals surface area contributed by atoms with E-state index in [0.29, 0.717) is 6.42 Å². The molecule has 0 aromatic rings. The highest BCUT2D eigenvalue weighted by atomic mass is 31.2. The lowest BCUT2D eigenvalue weighted by Crippen LogP contribution is -2.28. The zero-order valence-corrected chi connectivity index (χ0v) is 17.8. The predicted octanol–water partition coefficient (Wildman–Crippen LogP) is 1.35. The Morgan fingerprint density at radius 3 is 2.10 bits per heavy atom. The molecule has 0 aliphatic carbocycles. The molecule has 0 aromatic carbocycles. The number of Topliss-reactive ketones (excluding diaryl/α,β-unsaturated/α-hetero) is 2. The van der Waals surface area contributed by atoms with Gasteiger partial charge in [-0.15, -0.1) is 0 Å². The van der Waals surface area contributed by atoms with Gasteiger partial charge < -0.3 is 19.1 Å². The van der Waals surface area contributed by atoms with Crippen molar-refractivity contribution in [3.05, 3.63) is 0 Å². The van der Waals surface area contributed by atoms with Crippen molar-refractivity contribution in [2.75, 3.05) is 33.0 Å². The molecule has 1 N–H and O–H groups in total. The molecule has 0 aliphatic rings. The Morgan fingerprint density at radius 1 is 0.862 bits per heavy atom. The van der Waals surface area contributed by atoms with Gasteiger partial charge in [-0.3, -0.25) is 28.2 Å². The number of phosphoric ester groups is 1. The quantitative estimate of drug-likeness (QED) is 0.198. The van der Waals surface area contributed by atoms with Crippen LogP contribution in [-0.2, 0) is 47.0 Å². The van der Waals surface area contributed by atoms with E-state index in [1.165, 1.54) is 6.92 Å². The molecule has 29 heavy (non-hydrogen) atoms. The molecule has 0 fully saturated rings. The summed E-state index contributed by atoms with van der Waals surface area (Å²) in [4.78, 5) is 53.8. The number of ketones is 2. The lowest BCUT2D eigenvalue weighted by Gasteiger charge is -2.18. The monoisotopic (exact) mass is 440 g/mol. The van der Waals surface area contributed by atoms with Crippen LogP contribution in [0.15, 0.2) is 0 Å². The number of ether oxygens (including phenoxy) is 3. The Hall–Kier alpha value is -1.65. The molecule has 0 bridgehead atoms. The normalized spacial score (nSPS) is 13.9. The first-order valence-corrected chi connectivity index (χ1v) is 10.5. The van der Waals surface area contributed by atoms with Crippen LogP contribution in [0.2, 0.25) is 0 Å². The maximum absolute atomic E-state index is 11.8. The van der Waals surface area contributed by atoms with Gasteiger partial charge in [0.15, 0.2) is 6.10 Å². The number of carbonyl (C=O) groups is 4. The van der Waals surface area contributed by atoms with Gasteiger partial charge >= 0.3 is 19.8 Å². The molecule has 0 saturated heterocycles. The van der Waals surface area contributed by atoms with Crippen LogP contribution in [0.3, 0.4) is 0 Å². The van der Waals surface area contributed by atoms with Crippen LogP contribution in [0.1, 0.15) is 46.5 Å². The zero-order chi connectivity index (χ0) is 22.3. The van der Waals surface area contributed by atoms with E-state index in [1.807, 2.05) is 0 Å². The molecule has 12 heteroatoms. The average Bonchev–Trinajstić information content (AvgIpc) is 2.60. The van der Waals surface area contributed by atoms with Crippen LogP contribution in [0.25, 0.3) is 0 Å². The highest BCUT2D eigenvalue weighted by Crippen LogP contribution is 2.43. The molecular weight excluding hydrogens is 411 g/mol. The summed E-state index contributed by atoms with van der Waals surface area (Å²) in [6.45, 7) is 3.15. The topological polar surface area (TPSA) is 152 Å². The van der Waals surface area contributed by atoms with E-state index < -0.39 is 32.5 Å². The van der Waals surface area contributed by atoms with Crippen molar-refractivity contribution in [1.82, 2.24) is 0 Å². The molecule has 0 aliphatic heterocycles. The third-order valence-corrected chi connectivity index (χ3v) is 4.19. The number of phosphoric acid groups is 1. The number of hydrogen-bond donors (Lipinski definition) is 1. The third kappa shape index (κ3) is 18.1. The molecule has 0 amide bonds. The smallest absolute Gasteiger partial charge is 0.462 e. The number of esters is 2. The Labute approximate surface area is 169 Å². The van der Waals surface area contributed by atoms with Crippen molar-refractivity contribution < 1.29 is 51.9 Å². The Kier molecular flexibility index (Phi) is 14.4. The fourth-order valence-corrected chi connectivity index (χ4v) is 2.64. The molecule has 0 saturated carbocycles. The molecule has 11 nitrogen and oxygen atoms in total. The fourth-order valence-electron chi connectivity index (χ4n) is 1.85. The maximum atomic E-state index is 11.8. The summed E-state index contributed by atoms with van der Waals surface area (Å²) < 4.78 is 35.9. The highest BCUT2D eigenvalue weighted by molar-refractivity contribution is 7.47. The van der Waals surface area contributed by atoms with Gasteiger partial charge in [0, 0.05) is 33.1 Å². The summed E-state index contributed by atoms with van der Waals surface area (Å²) in [5, 5.41) is 0. The largest absolute Gasteiger partial charge is 0.472 e. The summed E-state index contributed by atoms with van der Waals surface area (Å²) in [7, 11) is -4.44. The minimum atomic E-state index is -4.44. The van der Waals surface area contributed by atoms with Crippen LogP contribution in [0, 0.1) is 0 Å². The summed E-state index contributed by atoms with van der Waals surface area (Å²) >= 11 is 0. The van der Waals surface area contributed by atoms with Gasteiger partial charge in [0.05, 0.1) is 26.4 Å².